The van der Waals surface area contributed by atoms with Crippen LogP contribution in [0.5, 0.6) is 0 Å². The van der Waals surface area contributed by atoms with Crippen LogP contribution in [-0.2, 0) is 19.3 Å². The number of primary amides is 1. The molecule has 0 radical (unpaired) electrons. The monoisotopic (exact) mass is 539 g/mol. The lowest BCUT2D eigenvalue weighted by Gasteiger charge is -2.19. The van der Waals surface area contributed by atoms with Gasteiger partial charge in [-0.05, 0) is 60.4 Å². The topological polar surface area (TPSA) is 119 Å². The van der Waals surface area contributed by atoms with Gasteiger partial charge in [-0.15, -0.1) is 21.5 Å². The quantitative estimate of drug-likeness (QED) is 0.243. The number of benzene rings is 2. The number of aryl methyl sites for hydroxylation is 3. The summed E-state index contributed by atoms with van der Waals surface area (Å²) in [6.45, 7) is 5.80. The number of carbonyl (C=O) groups excluding carboxylic acids is 1. The highest BCUT2D eigenvalue weighted by molar-refractivity contribution is 7.22. The fourth-order valence-corrected chi connectivity index (χ4v) is 5.91. The Morgan fingerprint density at radius 3 is 2.51 bits per heavy atom. The number of nitrogens with zero attached hydrogens (tertiary/aromatic N) is 4. The molecule has 5 aromatic rings. The first kappa shape index (κ1) is 26.2. The first-order valence-corrected chi connectivity index (χ1v) is 13.4. The zero-order chi connectivity index (χ0) is 27.7. The number of rotatable bonds is 8. The lowest BCUT2D eigenvalue weighted by atomic mass is 9.91. The normalized spacial score (nSPS) is 11.3. The number of hydrogen-bond acceptors (Lipinski definition) is 7. The number of nitriles is 1. The van der Waals surface area contributed by atoms with Gasteiger partial charge < -0.3 is 10.2 Å². The fourth-order valence-electron chi connectivity index (χ4n) is 4.73. The second-order valence-electron chi connectivity index (χ2n) is 9.79. The Labute approximate surface area is 229 Å². The number of nitrogens with two attached hydrogens (primary N) is 1. The van der Waals surface area contributed by atoms with E-state index >= 15 is 0 Å². The van der Waals surface area contributed by atoms with Gasteiger partial charge in [0.05, 0.1) is 32.8 Å². The van der Waals surface area contributed by atoms with Gasteiger partial charge in [0.1, 0.15) is 11.9 Å². The fraction of sp³-hybridized carbons (Fsp3) is 0.233. The van der Waals surface area contributed by atoms with E-state index < -0.39 is 5.91 Å². The van der Waals surface area contributed by atoms with Crippen molar-refractivity contribution >= 4 is 27.3 Å². The average molecular weight is 540 g/mol. The van der Waals surface area contributed by atoms with Crippen molar-refractivity contribution in [2.24, 2.45) is 11.7 Å². The van der Waals surface area contributed by atoms with Crippen molar-refractivity contribution in [2.45, 2.75) is 40.0 Å². The predicted molar refractivity (Wildman–Crippen MR) is 149 cm³/mol. The lowest BCUT2D eigenvalue weighted by molar-refractivity contribution is 0.0999. The van der Waals surface area contributed by atoms with Crippen molar-refractivity contribution in [3.8, 4) is 28.0 Å². The molecule has 196 valence electrons. The Bertz CT molecular complexity index is 1730. The van der Waals surface area contributed by atoms with Crippen molar-refractivity contribution in [1.82, 2.24) is 15.2 Å². The predicted octanol–water partition coefficient (Wildman–Crippen LogP) is 6.42. The molecule has 5 rings (SSSR count). The van der Waals surface area contributed by atoms with E-state index in [-0.39, 0.29) is 17.6 Å². The Hall–Kier alpha value is -4.42. The summed E-state index contributed by atoms with van der Waals surface area (Å²) in [5.74, 6) is -0.0880. The van der Waals surface area contributed by atoms with E-state index in [2.05, 4.69) is 30.1 Å². The molecule has 0 aliphatic carbocycles. The van der Waals surface area contributed by atoms with Crippen LogP contribution >= 0.6 is 11.3 Å². The number of pyridine rings is 1. The lowest BCUT2D eigenvalue weighted by Crippen LogP contribution is -2.20. The number of aromatic nitrogens is 3. The summed E-state index contributed by atoms with van der Waals surface area (Å²) in [6.07, 6.45) is 1.59. The molecule has 0 aliphatic rings. The largest absolute Gasteiger partial charge is 0.421 e. The third kappa shape index (κ3) is 5.29. The smallest absolute Gasteiger partial charge is 0.251 e. The molecular weight excluding hydrogens is 513 g/mol. The van der Waals surface area contributed by atoms with Crippen LogP contribution < -0.4 is 5.73 Å². The van der Waals surface area contributed by atoms with Crippen molar-refractivity contribution < 1.29 is 13.6 Å². The first-order chi connectivity index (χ1) is 18.7. The molecule has 0 unspecified atom stereocenters. The molecule has 0 saturated heterocycles. The van der Waals surface area contributed by atoms with Crippen molar-refractivity contribution in [3.05, 3.63) is 88.3 Å². The number of hydrogen-bond donors (Lipinski definition) is 1. The van der Waals surface area contributed by atoms with E-state index in [0.29, 0.717) is 58.8 Å². The van der Waals surface area contributed by atoms with Gasteiger partial charge >= 0.3 is 0 Å². The van der Waals surface area contributed by atoms with Gasteiger partial charge in [0, 0.05) is 17.4 Å². The number of halogens is 1. The van der Waals surface area contributed by atoms with E-state index in [1.807, 2.05) is 18.2 Å². The van der Waals surface area contributed by atoms with Crippen LogP contribution in [0.2, 0.25) is 0 Å². The zero-order valence-electron chi connectivity index (χ0n) is 21.8. The van der Waals surface area contributed by atoms with E-state index in [1.165, 1.54) is 23.5 Å². The molecule has 1 amide bonds. The van der Waals surface area contributed by atoms with Crippen LogP contribution in [0.3, 0.4) is 0 Å². The molecule has 0 saturated carbocycles. The molecule has 2 N–H and O–H groups in total. The molecule has 3 heterocycles. The van der Waals surface area contributed by atoms with E-state index in [4.69, 9.17) is 15.1 Å². The van der Waals surface area contributed by atoms with E-state index in [9.17, 15) is 14.4 Å². The Morgan fingerprint density at radius 2 is 1.87 bits per heavy atom. The minimum Gasteiger partial charge on any atom is -0.421 e. The minimum atomic E-state index is -0.603. The van der Waals surface area contributed by atoms with Gasteiger partial charge in [0.15, 0.2) is 0 Å². The number of thiophene rings is 1. The Balaban J connectivity index is 1.81. The van der Waals surface area contributed by atoms with Crippen LogP contribution in [-0.4, -0.2) is 21.1 Å². The molecule has 0 fully saturated rings. The highest BCUT2D eigenvalue weighted by atomic mass is 32.1. The molecular formula is C30H26FN5O2S. The third-order valence-corrected chi connectivity index (χ3v) is 7.61. The molecule has 3 aromatic heterocycles. The second kappa shape index (κ2) is 10.8. The summed E-state index contributed by atoms with van der Waals surface area (Å²) in [6, 6.07) is 16.1. The molecule has 0 atom stereocenters. The van der Waals surface area contributed by atoms with Crippen molar-refractivity contribution in [3.63, 3.8) is 0 Å². The molecule has 9 heteroatoms. The van der Waals surface area contributed by atoms with Gasteiger partial charge in [0.25, 0.3) is 5.91 Å². The maximum Gasteiger partial charge on any atom is 0.251 e. The molecule has 2 aromatic carbocycles. The zero-order valence-corrected chi connectivity index (χ0v) is 22.6. The summed E-state index contributed by atoms with van der Waals surface area (Å²) in [5, 5.41) is 18.9. The molecule has 0 aliphatic heterocycles. The molecule has 0 bridgehead atoms. The van der Waals surface area contributed by atoms with Crippen LogP contribution in [0.1, 0.15) is 52.6 Å². The molecule has 7 nitrogen and oxygen atoms in total. The van der Waals surface area contributed by atoms with Gasteiger partial charge in [-0.2, -0.15) is 5.26 Å². The highest BCUT2D eigenvalue weighted by Crippen LogP contribution is 2.44. The van der Waals surface area contributed by atoms with E-state index in [0.717, 1.165) is 20.5 Å². The highest BCUT2D eigenvalue weighted by Gasteiger charge is 2.29. The van der Waals surface area contributed by atoms with Crippen LogP contribution in [0.4, 0.5) is 4.39 Å². The summed E-state index contributed by atoms with van der Waals surface area (Å²) in [5.41, 5.74) is 10.2. The first-order valence-electron chi connectivity index (χ1n) is 12.6. The van der Waals surface area contributed by atoms with Crippen molar-refractivity contribution in [1.29, 1.82) is 5.26 Å². The van der Waals surface area contributed by atoms with Crippen LogP contribution in [0.25, 0.3) is 32.0 Å². The summed E-state index contributed by atoms with van der Waals surface area (Å²) >= 11 is 1.41. The summed E-state index contributed by atoms with van der Waals surface area (Å²) < 4.78 is 20.2. The van der Waals surface area contributed by atoms with Gasteiger partial charge in [-0.25, -0.2) is 4.39 Å². The third-order valence-electron chi connectivity index (χ3n) is 6.41. The van der Waals surface area contributed by atoms with Crippen molar-refractivity contribution in [2.75, 3.05) is 0 Å². The number of amides is 1. The van der Waals surface area contributed by atoms with Crippen LogP contribution in [0, 0.1) is 30.0 Å². The Morgan fingerprint density at radius 1 is 1.10 bits per heavy atom. The standard InChI is InChI=1S/C30H26FN5O2S/c1-16(2)13-23-25(29(33)37)27(24-14-19-5-4-6-20(15-32)28(19)39-24)26(30-36-35-17(3)38-30)22(34-23)12-9-18-7-10-21(31)11-8-18/h4-8,10-11,14,16H,9,12-13H2,1-3H3,(H2,33,37). The Kier molecular flexibility index (Phi) is 7.22. The van der Waals surface area contributed by atoms with Gasteiger partial charge in [-0.1, -0.05) is 38.1 Å². The summed E-state index contributed by atoms with van der Waals surface area (Å²) in [7, 11) is 0. The maximum absolute atomic E-state index is 13.5. The molecule has 0 spiro atoms. The van der Waals surface area contributed by atoms with E-state index in [1.54, 1.807) is 25.1 Å². The minimum absolute atomic E-state index is 0.206. The maximum atomic E-state index is 13.5. The number of fused-ring (bicyclic) bond motifs is 1. The average Bonchev–Trinajstić information content (AvgIpc) is 3.53. The van der Waals surface area contributed by atoms with Crippen LogP contribution in [0.15, 0.2) is 52.9 Å². The SMILES string of the molecule is Cc1nnc(-c2c(CCc3ccc(F)cc3)nc(CC(C)C)c(C(N)=O)c2-c2cc3cccc(C#N)c3s2)o1. The van der Waals surface area contributed by atoms with Gasteiger partial charge in [0.2, 0.25) is 11.8 Å². The summed E-state index contributed by atoms with van der Waals surface area (Å²) in [4.78, 5) is 18.8. The van der Waals surface area contributed by atoms with Gasteiger partial charge in [-0.3, -0.25) is 9.78 Å². The molecule has 39 heavy (non-hydrogen) atoms. The second-order valence-corrected chi connectivity index (χ2v) is 10.8. The number of carbonyl (C=O) groups is 1.